The van der Waals surface area contributed by atoms with Crippen molar-refractivity contribution in [3.05, 3.63) is 203 Å². The van der Waals surface area contributed by atoms with Crippen molar-refractivity contribution < 1.29 is 81.5 Å². The molecule has 110 heavy (non-hydrogen) atoms. The van der Waals surface area contributed by atoms with Crippen molar-refractivity contribution in [2.75, 3.05) is 62.3 Å². The number of nitrogens with zero attached hydrogens (tertiary/aromatic N) is 3. The van der Waals surface area contributed by atoms with Gasteiger partial charge in [-0.2, -0.15) is 0 Å². The number of hydrogen-bond donors (Lipinski definition) is 1. The standard InChI is InChI=1S/C26H19NO5S.C22H25NO3S.C21H23NO5S.C17H16O4S/c28-20-13-19(15-5-1-2-6-16(15)21(20)29)27-11-9-26(10-12-27)14-33-25-23(31)22(30)17-7-3-4-8-18(17)24(25)32-26;24-18-16-8-4-5-9-17(16)20-21(19(18)25)27-14-22(26-20)10-12-23(13-11-22)15-6-2-1-3-7-15;1-20(2,3)27-19(25)22-10-8-21(9-11-22)12-28-18-16(24)15(23)13-6-4-5-7-14(13)17(18)26-21;18-10-5-7-17(8-6-10)9-22-16-14(20)13(19)11-3-1-2-4-12(11)15(16)21-17/h1-8,13H,9-12,14H2;4-5,8-9,15H,1-3,6-7,10-14H2;4-7H,8-12H2,1-3H3;1-4,10,18H,5-9H2. The maximum Gasteiger partial charge on any atom is 0.410 e. The van der Waals surface area contributed by atoms with Crippen LogP contribution in [0.25, 0.3) is 28.7 Å². The third kappa shape index (κ3) is 14.2. The summed E-state index contributed by atoms with van der Waals surface area (Å²) in [5.74, 6) is 0.276. The van der Waals surface area contributed by atoms with Crippen molar-refractivity contribution in [2.24, 2.45) is 0 Å². The number of likely N-dealkylation sites (tertiary alicyclic amines) is 3. The van der Waals surface area contributed by atoms with Gasteiger partial charge < -0.3 is 43.5 Å². The lowest BCUT2D eigenvalue weighted by molar-refractivity contribution is -0.112. The maximum atomic E-state index is 12.6. The number of benzene rings is 5. The highest BCUT2D eigenvalue weighted by Gasteiger charge is 2.52. The van der Waals surface area contributed by atoms with E-state index < -0.39 is 74.6 Å². The maximum absolute atomic E-state index is 12.6. The molecule has 4 spiro atoms. The second kappa shape index (κ2) is 30.0. The minimum Gasteiger partial charge on any atom is -0.484 e. The molecule has 0 aromatic heterocycles. The van der Waals surface area contributed by atoms with E-state index in [1.54, 1.807) is 59.5 Å². The van der Waals surface area contributed by atoms with E-state index in [0.29, 0.717) is 151 Å². The molecule has 5 fully saturated rings. The fourth-order valence-electron chi connectivity index (χ4n) is 17.1. The average molecular weight is 1560 g/mol. The summed E-state index contributed by atoms with van der Waals surface area (Å²) < 4.78 is 31.2. The van der Waals surface area contributed by atoms with Crippen LogP contribution in [0.5, 0.6) is 0 Å². The van der Waals surface area contributed by atoms with Crippen LogP contribution >= 0.6 is 47.0 Å². The van der Waals surface area contributed by atoms with E-state index in [1.807, 2.05) is 87.5 Å². The van der Waals surface area contributed by atoms with Gasteiger partial charge in [-0.1, -0.05) is 141 Å². The van der Waals surface area contributed by atoms with Crippen LogP contribution in [0.15, 0.2) is 147 Å². The molecule has 1 amide bonds. The van der Waals surface area contributed by atoms with Crippen LogP contribution < -0.4 is 0 Å². The summed E-state index contributed by atoms with van der Waals surface area (Å²) >= 11 is 5.77. The van der Waals surface area contributed by atoms with Gasteiger partial charge in [0.05, 0.1) is 6.10 Å². The van der Waals surface area contributed by atoms with Gasteiger partial charge in [0.2, 0.25) is 57.8 Å². The van der Waals surface area contributed by atoms with Gasteiger partial charge in [-0.3, -0.25) is 47.9 Å². The predicted octanol–water partition coefficient (Wildman–Crippen LogP) is 13.8. The highest BCUT2D eigenvalue weighted by atomic mass is 32.2. The van der Waals surface area contributed by atoms with E-state index in [4.69, 9.17) is 23.7 Å². The number of carbonyl (C=O) groups excluding carboxylic acids is 11. The van der Waals surface area contributed by atoms with Crippen LogP contribution in [-0.2, 0) is 47.7 Å². The number of thioether (sulfide) groups is 4. The molecule has 7 aliphatic carbocycles. The molecule has 24 heteroatoms. The fourth-order valence-corrected chi connectivity index (χ4v) is 22.1. The molecule has 2 saturated carbocycles. The largest absolute Gasteiger partial charge is 0.484 e. The Morgan fingerprint density at radius 1 is 0.391 bits per heavy atom. The number of aliphatic hydroxyl groups is 1. The lowest BCUT2D eigenvalue weighted by Crippen LogP contribution is -2.52. The Morgan fingerprint density at radius 2 is 0.700 bits per heavy atom. The van der Waals surface area contributed by atoms with Crippen molar-refractivity contribution in [3.8, 4) is 0 Å². The highest BCUT2D eigenvalue weighted by Crippen LogP contribution is 2.53. The van der Waals surface area contributed by atoms with Crippen LogP contribution in [0.1, 0.15) is 197 Å². The number of piperidine rings is 3. The molecular formula is C86H83N3O17S4. The topological polar surface area (TPSA) is 264 Å². The fraction of sp³-hybridized carbons (Fsp3) is 0.407. The molecule has 7 aliphatic heterocycles. The molecule has 1 N–H and O–H groups in total. The average Bonchev–Trinajstić information content (AvgIpc) is 0.785. The minimum atomic E-state index is -0.526. The third-order valence-electron chi connectivity index (χ3n) is 23.3. The molecule has 568 valence electrons. The molecule has 19 rings (SSSR count). The first-order valence-corrected chi connectivity index (χ1v) is 41.9. The molecule has 0 unspecified atom stereocenters. The molecule has 14 aliphatic rings. The van der Waals surface area contributed by atoms with E-state index in [0.717, 1.165) is 85.8 Å². The van der Waals surface area contributed by atoms with Crippen molar-refractivity contribution in [3.63, 3.8) is 0 Å². The summed E-state index contributed by atoms with van der Waals surface area (Å²) in [4.78, 5) is 145. The van der Waals surface area contributed by atoms with E-state index in [-0.39, 0.29) is 23.4 Å². The monoisotopic (exact) mass is 1560 g/mol. The Balaban J connectivity index is 0.000000112. The zero-order chi connectivity index (χ0) is 76.6. The lowest BCUT2D eigenvalue weighted by Gasteiger charge is -2.47. The number of amides is 1. The zero-order valence-corrected chi connectivity index (χ0v) is 64.7. The number of hydrogen-bond acceptors (Lipinski definition) is 23. The molecule has 3 saturated heterocycles. The molecule has 0 bridgehead atoms. The first kappa shape index (κ1) is 75.1. The van der Waals surface area contributed by atoms with Gasteiger partial charge in [0.15, 0.2) is 0 Å². The Hall–Kier alpha value is -8.91. The number of carbonyl (C=O) groups is 11. The summed E-state index contributed by atoms with van der Waals surface area (Å²) in [7, 11) is 0. The molecular weight excluding hydrogens is 1480 g/mol. The molecule has 20 nitrogen and oxygen atoms in total. The number of ether oxygens (including phenoxy) is 5. The van der Waals surface area contributed by atoms with Crippen LogP contribution in [0.2, 0.25) is 0 Å². The van der Waals surface area contributed by atoms with Gasteiger partial charge in [-0.25, -0.2) is 4.79 Å². The van der Waals surface area contributed by atoms with E-state index in [1.165, 1.54) is 85.2 Å². The summed E-state index contributed by atoms with van der Waals surface area (Å²) in [6.45, 7) is 10.1. The van der Waals surface area contributed by atoms with Crippen LogP contribution in [0.4, 0.5) is 4.79 Å². The van der Waals surface area contributed by atoms with Gasteiger partial charge in [0, 0.05) is 174 Å². The van der Waals surface area contributed by atoms with Crippen molar-refractivity contribution in [1.29, 1.82) is 0 Å². The van der Waals surface area contributed by atoms with E-state index in [2.05, 4.69) is 9.80 Å². The predicted molar refractivity (Wildman–Crippen MR) is 420 cm³/mol. The van der Waals surface area contributed by atoms with Gasteiger partial charge in [0.1, 0.15) is 70.7 Å². The first-order valence-electron chi connectivity index (χ1n) is 38.0. The number of aliphatic hydroxyl groups excluding tert-OH is 1. The Morgan fingerprint density at radius 3 is 1.05 bits per heavy atom. The SMILES string of the molecule is CC(C)(C)OC(=O)N1CCC2(CC1)CSC1=C(O2)c2ccccc2C(=O)C1=O.O=C1C(=O)c2ccccc2C2=C1SCC1(CCC(O)CC1)O2.O=C1C(=O)c2ccccc2C2=C1SCC1(CCN(C3CCCCC3)CC1)O2.O=C1C=C(N2CCC3(CC2)CSC2=C(O3)c3ccccc3C(=O)C2=O)c2ccccc2C1=O. The Labute approximate surface area is 653 Å². The van der Waals surface area contributed by atoms with Crippen LogP contribution in [0, 0.1) is 0 Å². The molecule has 5 aromatic carbocycles. The number of fused-ring (bicyclic) bond motifs is 9. The second-order valence-electron chi connectivity index (χ2n) is 31.5. The summed E-state index contributed by atoms with van der Waals surface area (Å²) in [6.07, 6.45) is 15.4. The lowest BCUT2D eigenvalue weighted by atomic mass is 9.83. The molecule has 0 radical (unpaired) electrons. The smallest absolute Gasteiger partial charge is 0.410 e. The van der Waals surface area contributed by atoms with Gasteiger partial charge in [-0.15, -0.1) is 47.0 Å². The number of rotatable bonds is 2. The van der Waals surface area contributed by atoms with Gasteiger partial charge in [0.25, 0.3) is 0 Å². The van der Waals surface area contributed by atoms with Gasteiger partial charge in [-0.05, 0) is 59.3 Å². The number of allylic oxidation sites excluding steroid dienone is 5. The highest BCUT2D eigenvalue weighted by molar-refractivity contribution is 8.05. The zero-order valence-electron chi connectivity index (χ0n) is 61.4. The Bertz CT molecular complexity index is 4940. The number of ketones is 10. The normalized spacial score (nSPS) is 24.3. The van der Waals surface area contributed by atoms with Crippen molar-refractivity contribution in [2.45, 2.75) is 157 Å². The van der Waals surface area contributed by atoms with Crippen molar-refractivity contribution in [1.82, 2.24) is 14.7 Å². The van der Waals surface area contributed by atoms with E-state index in [9.17, 15) is 57.8 Å². The number of Topliss-reactive ketones (excluding diaryl/α,β-unsaturated/α-hetero) is 9. The van der Waals surface area contributed by atoms with E-state index >= 15 is 0 Å². The Kier molecular flexibility index (Phi) is 20.5. The first-order chi connectivity index (χ1) is 52.9. The quantitative estimate of drug-likeness (QED) is 0.161. The molecule has 0 atom stereocenters. The van der Waals surface area contributed by atoms with Crippen molar-refractivity contribution >= 4 is 140 Å². The summed E-state index contributed by atoms with van der Waals surface area (Å²) in [6, 6.07) is 36.6. The summed E-state index contributed by atoms with van der Waals surface area (Å²) in [5, 5.41) is 9.72. The molecule has 5 aromatic rings. The second-order valence-corrected chi connectivity index (χ2v) is 35.5. The van der Waals surface area contributed by atoms with Gasteiger partial charge >= 0.3 is 6.09 Å². The van der Waals surface area contributed by atoms with Crippen LogP contribution in [0.3, 0.4) is 0 Å². The molecule has 7 heterocycles. The minimum absolute atomic E-state index is 0.206. The summed E-state index contributed by atoms with van der Waals surface area (Å²) in [5.41, 5.74) is 4.63. The van der Waals surface area contributed by atoms with Crippen LogP contribution in [-0.4, -0.2) is 186 Å². The third-order valence-corrected chi connectivity index (χ3v) is 28.6.